The van der Waals surface area contributed by atoms with Crippen molar-refractivity contribution in [3.63, 3.8) is 0 Å². The van der Waals surface area contributed by atoms with Gasteiger partial charge < -0.3 is 29.1 Å². The first-order valence-electron chi connectivity index (χ1n) is 23.2. The first kappa shape index (κ1) is 45.4. The molecule has 61 heavy (non-hydrogen) atoms. The summed E-state index contributed by atoms with van der Waals surface area (Å²) in [6, 6.07) is 7.56. The molecule has 6 aliphatic rings. The van der Waals surface area contributed by atoms with Gasteiger partial charge in [-0.25, -0.2) is 0 Å². The topological polar surface area (TPSA) is 123 Å². The summed E-state index contributed by atoms with van der Waals surface area (Å²) in [4.78, 5) is 57.5. The van der Waals surface area contributed by atoms with Gasteiger partial charge in [0, 0.05) is 44.8 Å². The fourth-order valence-corrected chi connectivity index (χ4v) is 14.9. The average Bonchev–Trinajstić information content (AvgIpc) is 3.61. The number of amides is 2. The first-order chi connectivity index (χ1) is 28.6. The van der Waals surface area contributed by atoms with E-state index < -0.39 is 22.8 Å². The Morgan fingerprint density at radius 1 is 0.869 bits per heavy atom. The Morgan fingerprint density at radius 2 is 1.57 bits per heavy atom. The van der Waals surface area contributed by atoms with Gasteiger partial charge in [-0.3, -0.25) is 19.2 Å². The molecule has 0 aromatic heterocycles. The van der Waals surface area contributed by atoms with E-state index >= 15 is 4.79 Å². The summed E-state index contributed by atoms with van der Waals surface area (Å²) in [6.07, 6.45) is 13.1. The van der Waals surface area contributed by atoms with Gasteiger partial charge in [0.05, 0.1) is 17.3 Å². The largest absolute Gasteiger partial charge is 0.481 e. The van der Waals surface area contributed by atoms with Crippen LogP contribution in [0.5, 0.6) is 5.75 Å². The van der Waals surface area contributed by atoms with Gasteiger partial charge in [0.1, 0.15) is 11.9 Å². The van der Waals surface area contributed by atoms with Crippen molar-refractivity contribution >= 4 is 29.8 Å². The summed E-state index contributed by atoms with van der Waals surface area (Å²) in [7, 11) is 1.58. The molecule has 10 nitrogen and oxygen atoms in total. The van der Waals surface area contributed by atoms with E-state index in [2.05, 4.69) is 53.0 Å². The number of ether oxygens (including phenoxy) is 3. The Hall–Kier alpha value is -3.66. The number of esters is 1. The van der Waals surface area contributed by atoms with E-state index in [4.69, 9.17) is 14.2 Å². The number of hydrogen-bond donors (Lipinski definition) is 1. The third-order valence-corrected chi connectivity index (χ3v) is 18.4. The van der Waals surface area contributed by atoms with Crippen LogP contribution in [0.2, 0.25) is 0 Å². The van der Waals surface area contributed by atoms with E-state index in [0.29, 0.717) is 61.5 Å². The molecule has 1 aromatic rings. The quantitative estimate of drug-likeness (QED) is 0.101. The van der Waals surface area contributed by atoms with Gasteiger partial charge in [0.2, 0.25) is 11.8 Å². The van der Waals surface area contributed by atoms with Crippen molar-refractivity contribution in [3.05, 3.63) is 48.1 Å². The van der Waals surface area contributed by atoms with Gasteiger partial charge in [-0.05, 0) is 155 Å². The maximum absolute atomic E-state index is 15.2. The highest BCUT2D eigenvalue weighted by molar-refractivity contribution is 5.92. The zero-order valence-electron chi connectivity index (χ0n) is 38.6. The molecule has 10 heteroatoms. The van der Waals surface area contributed by atoms with Crippen molar-refractivity contribution in [2.45, 2.75) is 132 Å². The second-order valence-corrected chi connectivity index (χ2v) is 22.1. The molecule has 5 aliphatic carbocycles. The zero-order chi connectivity index (χ0) is 44.3. The molecule has 0 radical (unpaired) electrons. The number of carbonyl (C=O) groups excluding carboxylic acids is 3. The number of rotatable bonds is 11. The number of nitrogens with zero attached hydrogens (tertiary/aromatic N) is 2. The molecule has 7 rings (SSSR count). The fourth-order valence-electron chi connectivity index (χ4n) is 14.9. The van der Waals surface area contributed by atoms with E-state index in [1.165, 1.54) is 5.57 Å². The van der Waals surface area contributed by atoms with E-state index in [0.717, 1.165) is 69.8 Å². The highest BCUT2D eigenvalue weighted by Crippen LogP contribution is 2.77. The van der Waals surface area contributed by atoms with Crippen molar-refractivity contribution in [1.29, 1.82) is 0 Å². The number of carboxylic acids is 1. The number of aliphatic carboxylic acids is 1. The van der Waals surface area contributed by atoms with Crippen molar-refractivity contribution in [2.75, 3.05) is 40.1 Å². The van der Waals surface area contributed by atoms with Crippen LogP contribution in [0.15, 0.2) is 42.5 Å². The smallest absolute Gasteiger partial charge is 0.309 e. The van der Waals surface area contributed by atoms with Crippen molar-refractivity contribution in [2.24, 2.45) is 62.1 Å². The molecule has 10 atom stereocenters. The molecule has 1 heterocycles. The molecule has 5 saturated carbocycles. The van der Waals surface area contributed by atoms with Crippen LogP contribution < -0.4 is 4.74 Å². The zero-order valence-corrected chi connectivity index (χ0v) is 38.6. The Bertz CT molecular complexity index is 1910. The minimum Gasteiger partial charge on any atom is -0.481 e. The molecule has 1 saturated heterocycles. The van der Waals surface area contributed by atoms with Crippen LogP contribution in [0, 0.1) is 62.1 Å². The lowest BCUT2D eigenvalue weighted by Crippen LogP contribution is -2.68. The molecule has 0 bridgehead atoms. The molecule has 336 valence electrons. The molecule has 6 fully saturated rings. The summed E-state index contributed by atoms with van der Waals surface area (Å²) >= 11 is 0. The summed E-state index contributed by atoms with van der Waals surface area (Å²) < 4.78 is 16.8. The second-order valence-electron chi connectivity index (χ2n) is 22.1. The molecule has 1 N–H and O–H groups in total. The third kappa shape index (κ3) is 7.66. The summed E-state index contributed by atoms with van der Waals surface area (Å²) in [5.74, 6) is 1.43. The average molecular weight is 843 g/mol. The maximum Gasteiger partial charge on any atom is 0.309 e. The lowest BCUT2D eigenvalue weighted by molar-refractivity contribution is -0.250. The van der Waals surface area contributed by atoms with E-state index in [1.54, 1.807) is 27.0 Å². The summed E-state index contributed by atoms with van der Waals surface area (Å²) in [5.41, 5.74) is 0.523. The number of allylic oxidation sites excluding steroid dienone is 1. The van der Waals surface area contributed by atoms with Gasteiger partial charge >= 0.3 is 11.9 Å². The minimum atomic E-state index is -1.17. The maximum atomic E-state index is 15.2. The Kier molecular flexibility index (Phi) is 12.3. The van der Waals surface area contributed by atoms with Gasteiger partial charge in [0.25, 0.3) is 0 Å². The third-order valence-electron chi connectivity index (χ3n) is 18.4. The van der Waals surface area contributed by atoms with Crippen LogP contribution in [-0.2, 0) is 28.7 Å². The minimum absolute atomic E-state index is 0.0471. The van der Waals surface area contributed by atoms with Gasteiger partial charge in [0.15, 0.2) is 6.79 Å². The molecular formula is C51H74N2O8. The van der Waals surface area contributed by atoms with Crippen LogP contribution >= 0.6 is 0 Å². The number of hydrogen-bond acceptors (Lipinski definition) is 7. The SMILES string of the molecule is C=C(C)[C@@H]1CC[C@]2(C(=O)N3CCN(C(=O)/C=C/c4cccc(OCOC)c4)CC3)CC[C@]3(C)[C@H](CC[C@@H]4[C@@]5(C)CC[C@H](OC(=O)CC(C)(C)C(=O)O)C(C)(C)[C@@H]5CC[C@]43C)[C@@H]12. The molecule has 1 aliphatic heterocycles. The number of piperazine rings is 1. The molecule has 0 spiro atoms. The Labute approximate surface area is 365 Å². The highest BCUT2D eigenvalue weighted by atomic mass is 16.7. The predicted octanol–water partition coefficient (Wildman–Crippen LogP) is 9.42. The van der Waals surface area contributed by atoms with Gasteiger partial charge in [-0.2, -0.15) is 0 Å². The van der Waals surface area contributed by atoms with Crippen molar-refractivity contribution < 1.29 is 38.5 Å². The first-order valence-corrected chi connectivity index (χ1v) is 23.2. The van der Waals surface area contributed by atoms with Crippen molar-refractivity contribution in [1.82, 2.24) is 9.80 Å². The molecular weight excluding hydrogens is 769 g/mol. The number of carbonyl (C=O) groups is 4. The van der Waals surface area contributed by atoms with E-state index in [1.807, 2.05) is 35.2 Å². The highest BCUT2D eigenvalue weighted by Gasteiger charge is 2.72. The van der Waals surface area contributed by atoms with Crippen LogP contribution in [0.1, 0.15) is 132 Å². The number of methoxy groups -OCH3 is 1. The Balaban J connectivity index is 1.06. The van der Waals surface area contributed by atoms with Crippen LogP contribution in [-0.4, -0.2) is 84.8 Å². The predicted molar refractivity (Wildman–Crippen MR) is 236 cm³/mol. The normalized spacial score (nSPS) is 36.9. The Morgan fingerprint density at radius 3 is 2.25 bits per heavy atom. The number of carboxylic acid groups (broad SMARTS) is 1. The van der Waals surface area contributed by atoms with E-state index in [-0.39, 0.29) is 52.8 Å². The van der Waals surface area contributed by atoms with Crippen LogP contribution in [0.4, 0.5) is 0 Å². The van der Waals surface area contributed by atoms with Gasteiger partial charge in [-0.1, -0.05) is 58.9 Å². The lowest BCUT2D eigenvalue weighted by atomic mass is 9.32. The summed E-state index contributed by atoms with van der Waals surface area (Å²) in [5, 5.41) is 9.66. The second kappa shape index (κ2) is 16.5. The van der Waals surface area contributed by atoms with Crippen LogP contribution in [0.3, 0.4) is 0 Å². The number of benzene rings is 1. The monoisotopic (exact) mass is 843 g/mol. The van der Waals surface area contributed by atoms with Crippen LogP contribution in [0.25, 0.3) is 6.08 Å². The van der Waals surface area contributed by atoms with Gasteiger partial charge in [-0.15, -0.1) is 0 Å². The fraction of sp³-hybridized carbons (Fsp3) is 0.725. The molecule has 1 aromatic carbocycles. The van der Waals surface area contributed by atoms with E-state index in [9.17, 15) is 19.5 Å². The molecule has 0 unspecified atom stereocenters. The number of fused-ring (bicyclic) bond motifs is 7. The lowest BCUT2D eigenvalue weighted by Gasteiger charge is -2.73. The standard InChI is InChI=1S/C51H74N2O8/c1-33(2)36-18-23-51(44(56)53-28-26-52(27-29-53)41(54)17-14-34-12-11-13-35(30-34)60-32-59-10)25-24-49(8)37(43(36)51)15-16-39-48(7)21-20-40(61-42(55)31-46(3,4)45(57)58)47(5,6)38(48)19-22-50(39,49)9/h11-14,17,30,36-40,43H,1,15-16,18-29,31-32H2,2-10H3,(H,57,58)/b17-14+/t36-,37+,38-,39+,40-,43+,48-,49+,50+,51-/m0/s1. The summed E-state index contributed by atoms with van der Waals surface area (Å²) in [6.45, 7) is 24.5. The van der Waals surface area contributed by atoms with Crippen molar-refractivity contribution in [3.8, 4) is 5.75 Å². The molecule has 2 amide bonds.